The van der Waals surface area contributed by atoms with Gasteiger partial charge in [0, 0.05) is 0 Å². The fourth-order valence-electron chi connectivity index (χ4n) is 0.769. The summed E-state index contributed by atoms with van der Waals surface area (Å²) in [5, 5.41) is -0.732. The van der Waals surface area contributed by atoms with Crippen LogP contribution >= 0.6 is 15.9 Å². The van der Waals surface area contributed by atoms with Gasteiger partial charge in [0.15, 0.2) is 0 Å². The molecule has 0 aliphatic carbocycles. The van der Waals surface area contributed by atoms with Crippen LogP contribution in [0.4, 0.5) is 0 Å². The summed E-state index contributed by atoms with van der Waals surface area (Å²) in [6, 6.07) is 0. The molecule has 0 aromatic carbocycles. The molecule has 0 aromatic heterocycles. The molecule has 0 heterocycles. The molecule has 0 rings (SSSR count). The molecule has 12 heavy (non-hydrogen) atoms. The van der Waals surface area contributed by atoms with Gasteiger partial charge in [-0.3, -0.25) is 0 Å². The van der Waals surface area contributed by atoms with E-state index in [1.165, 1.54) is 6.92 Å². The van der Waals surface area contributed by atoms with Gasteiger partial charge in [-0.05, 0) is 29.6 Å². The Morgan fingerprint density at radius 3 is 2.50 bits per heavy atom. The predicted molar refractivity (Wildman–Crippen MR) is 56.7 cm³/mol. The third-order valence-corrected chi connectivity index (χ3v) is 2.37. The van der Waals surface area contributed by atoms with Crippen LogP contribution in [0.5, 0.6) is 0 Å². The molecule has 0 aliphatic heterocycles. The first-order valence-corrected chi connectivity index (χ1v) is 4.84. The molecule has 0 amide bonds. The number of carbonyl (C=O) groups is 1. The summed E-state index contributed by atoms with van der Waals surface area (Å²) < 4.78 is 1.00. The average molecular weight is 229 g/mol. The lowest BCUT2D eigenvalue weighted by atomic mass is 9.65. The van der Waals surface area contributed by atoms with E-state index >= 15 is 0 Å². The van der Waals surface area contributed by atoms with Crippen LogP contribution < -0.4 is 0 Å². The molecule has 3 heteroatoms. The summed E-state index contributed by atoms with van der Waals surface area (Å²) in [6.07, 6.45) is 3.55. The average Bonchev–Trinajstić information content (AvgIpc) is 1.85. The van der Waals surface area contributed by atoms with E-state index in [1.54, 1.807) is 6.92 Å². The van der Waals surface area contributed by atoms with Crippen molar-refractivity contribution < 1.29 is 4.79 Å². The predicted octanol–water partition coefficient (Wildman–Crippen LogP) is 3.00. The Kier molecular flexibility index (Phi) is 4.84. The van der Waals surface area contributed by atoms with Gasteiger partial charge in [0.2, 0.25) is 0 Å². The van der Waals surface area contributed by atoms with Crippen LogP contribution in [0.25, 0.3) is 0 Å². The smallest absolute Gasteiger partial charge is 0.127 e. The first-order valence-electron chi connectivity index (χ1n) is 4.04. The van der Waals surface area contributed by atoms with Crippen molar-refractivity contribution >= 4 is 29.6 Å². The van der Waals surface area contributed by atoms with Crippen molar-refractivity contribution in [1.82, 2.24) is 0 Å². The Morgan fingerprint density at radius 1 is 1.67 bits per heavy atom. The quantitative estimate of drug-likeness (QED) is 0.677. The summed E-state index contributed by atoms with van der Waals surface area (Å²) in [7, 11) is 5.77. The van der Waals surface area contributed by atoms with Crippen LogP contribution in [-0.4, -0.2) is 13.6 Å². The van der Waals surface area contributed by atoms with Gasteiger partial charge in [0.1, 0.15) is 5.78 Å². The van der Waals surface area contributed by atoms with E-state index in [0.717, 1.165) is 10.9 Å². The van der Waals surface area contributed by atoms with Gasteiger partial charge in [-0.2, -0.15) is 0 Å². The highest BCUT2D eigenvalue weighted by atomic mass is 79.9. The van der Waals surface area contributed by atoms with E-state index in [4.69, 9.17) is 7.85 Å². The van der Waals surface area contributed by atoms with E-state index in [2.05, 4.69) is 15.9 Å². The van der Waals surface area contributed by atoms with Crippen molar-refractivity contribution in [3.8, 4) is 0 Å². The normalized spacial score (nSPS) is 17.2. The highest BCUT2D eigenvalue weighted by molar-refractivity contribution is 9.11. The van der Waals surface area contributed by atoms with Gasteiger partial charge in [-0.1, -0.05) is 35.9 Å². The largest absolute Gasteiger partial charge is 0.300 e. The maximum absolute atomic E-state index is 11.0. The van der Waals surface area contributed by atoms with Crippen molar-refractivity contribution in [2.75, 3.05) is 0 Å². The van der Waals surface area contributed by atoms with Crippen LogP contribution in [-0.2, 0) is 4.79 Å². The third-order valence-electron chi connectivity index (χ3n) is 1.77. The molecule has 0 aliphatic rings. The molecule has 1 unspecified atom stereocenters. The lowest BCUT2D eigenvalue weighted by molar-refractivity contribution is -0.119. The first kappa shape index (κ1) is 12.0. The number of allylic oxidation sites excluding steroid dienone is 2. The lowest BCUT2D eigenvalue weighted by Crippen LogP contribution is -2.17. The molecule has 0 saturated heterocycles. The van der Waals surface area contributed by atoms with E-state index in [-0.39, 0.29) is 5.78 Å². The number of Topliss-reactive ketones (excluding diaryl/α,β-unsaturated/α-hetero) is 1. The molecule has 0 bridgehead atoms. The second kappa shape index (κ2) is 4.85. The molecule has 2 radical (unpaired) electrons. The fraction of sp³-hybridized carbons (Fsp3) is 0.667. The first-order chi connectivity index (χ1) is 5.40. The van der Waals surface area contributed by atoms with Crippen LogP contribution in [0.3, 0.4) is 0 Å². The molecule has 0 N–H and O–H groups in total. The van der Waals surface area contributed by atoms with Crippen LogP contribution in [0.1, 0.15) is 33.6 Å². The number of ketones is 1. The van der Waals surface area contributed by atoms with E-state index in [0.29, 0.717) is 6.42 Å². The van der Waals surface area contributed by atoms with Crippen LogP contribution in [0.2, 0.25) is 5.31 Å². The minimum absolute atomic E-state index is 0.0175. The number of rotatable bonds is 4. The zero-order valence-corrected chi connectivity index (χ0v) is 9.44. The van der Waals surface area contributed by atoms with Crippen molar-refractivity contribution in [2.45, 2.75) is 38.9 Å². The molecule has 0 aromatic rings. The van der Waals surface area contributed by atoms with Crippen molar-refractivity contribution in [3.63, 3.8) is 0 Å². The second-order valence-corrected chi connectivity index (χ2v) is 4.23. The Balaban J connectivity index is 4.24. The van der Waals surface area contributed by atoms with Crippen molar-refractivity contribution in [2.24, 2.45) is 0 Å². The minimum atomic E-state index is -0.732. The summed E-state index contributed by atoms with van der Waals surface area (Å²) in [4.78, 5) is 11.0. The molecular weight excluding hydrogens is 215 g/mol. The van der Waals surface area contributed by atoms with Gasteiger partial charge in [0.25, 0.3) is 0 Å². The zero-order chi connectivity index (χ0) is 9.78. The number of hydrogen-bond donors (Lipinski definition) is 0. The Labute approximate surface area is 84.2 Å². The maximum Gasteiger partial charge on any atom is 0.127 e. The summed E-state index contributed by atoms with van der Waals surface area (Å²) >= 11 is 3.37. The number of halogens is 1. The van der Waals surface area contributed by atoms with Gasteiger partial charge in [-0.25, -0.2) is 0 Å². The van der Waals surface area contributed by atoms with E-state index in [1.807, 2.05) is 13.0 Å². The monoisotopic (exact) mass is 228 g/mol. The third kappa shape index (κ3) is 4.10. The highest BCUT2D eigenvalue weighted by Crippen LogP contribution is 2.32. The Bertz CT molecular complexity index is 197. The molecule has 1 atom stereocenters. The van der Waals surface area contributed by atoms with Crippen molar-refractivity contribution in [3.05, 3.63) is 10.6 Å². The zero-order valence-electron chi connectivity index (χ0n) is 7.86. The molecule has 0 fully saturated rings. The van der Waals surface area contributed by atoms with Gasteiger partial charge < -0.3 is 4.79 Å². The van der Waals surface area contributed by atoms with Crippen molar-refractivity contribution in [1.29, 1.82) is 0 Å². The molecular formula is C9H14BBrO. The summed E-state index contributed by atoms with van der Waals surface area (Å²) in [5.74, 6) is 0.0175. The highest BCUT2D eigenvalue weighted by Gasteiger charge is 2.23. The Hall–Kier alpha value is -0.0451. The summed E-state index contributed by atoms with van der Waals surface area (Å²) in [5.41, 5.74) is 0. The second-order valence-electron chi connectivity index (χ2n) is 3.21. The summed E-state index contributed by atoms with van der Waals surface area (Å²) in [6.45, 7) is 5.31. The fourth-order valence-corrected chi connectivity index (χ4v) is 1.68. The van der Waals surface area contributed by atoms with Gasteiger partial charge in [0.05, 0.1) is 7.85 Å². The van der Waals surface area contributed by atoms with Gasteiger partial charge in [-0.15, -0.1) is 0 Å². The van der Waals surface area contributed by atoms with E-state index in [9.17, 15) is 4.79 Å². The lowest BCUT2D eigenvalue weighted by Gasteiger charge is -2.20. The SMILES string of the molecule is [B]C(C)(C/C(Br)=C\CC)C(C)=O. The topological polar surface area (TPSA) is 17.1 Å². The minimum Gasteiger partial charge on any atom is -0.300 e. The maximum atomic E-state index is 11.0. The molecule has 0 spiro atoms. The van der Waals surface area contributed by atoms with Crippen LogP contribution in [0, 0.1) is 0 Å². The number of carbonyl (C=O) groups excluding carboxylic acids is 1. The standard InChI is InChI=1S/C9H14BBrO/c1-4-5-8(11)6-9(3,10)7(2)12/h5H,4,6H2,1-3H3/b8-5+. The molecule has 0 saturated carbocycles. The van der Waals surface area contributed by atoms with E-state index < -0.39 is 5.31 Å². The number of hydrogen-bond acceptors (Lipinski definition) is 1. The van der Waals surface area contributed by atoms with Crippen LogP contribution in [0.15, 0.2) is 10.6 Å². The molecule has 1 nitrogen and oxygen atoms in total. The Morgan fingerprint density at radius 2 is 2.17 bits per heavy atom. The molecule has 66 valence electrons. The van der Waals surface area contributed by atoms with Gasteiger partial charge >= 0.3 is 0 Å².